The lowest BCUT2D eigenvalue weighted by molar-refractivity contribution is -0.116. The van der Waals surface area contributed by atoms with Crippen LogP contribution in [-0.2, 0) is 11.3 Å². The zero-order valence-corrected chi connectivity index (χ0v) is 20.2. The molecule has 6 nitrogen and oxygen atoms in total. The summed E-state index contributed by atoms with van der Waals surface area (Å²) in [6.07, 6.45) is 1.41. The third-order valence-corrected chi connectivity index (χ3v) is 6.21. The number of rotatable bonds is 5. The molecule has 2 heterocycles. The minimum atomic E-state index is -0.423. The maximum Gasteiger partial charge on any atom is 0.244 e. The number of hydrogen-bond acceptors (Lipinski definition) is 4. The number of aryl methyl sites for hydroxylation is 1. The van der Waals surface area contributed by atoms with E-state index in [-0.39, 0.29) is 23.4 Å². The summed E-state index contributed by atoms with van der Waals surface area (Å²) in [5, 5.41) is 3.66. The van der Waals surface area contributed by atoms with E-state index >= 15 is 0 Å². The van der Waals surface area contributed by atoms with E-state index in [9.17, 15) is 14.4 Å². The maximum absolute atomic E-state index is 13.1. The van der Waals surface area contributed by atoms with Gasteiger partial charge in [-0.2, -0.15) is 0 Å². The minimum Gasteiger partial charge on any atom is -0.324 e. The smallest absolute Gasteiger partial charge is 0.244 e. The number of amides is 1. The zero-order chi connectivity index (χ0) is 23.7. The fourth-order valence-electron chi connectivity index (χ4n) is 3.49. The molecule has 0 aliphatic heterocycles. The van der Waals surface area contributed by atoms with Crippen molar-refractivity contribution in [2.24, 2.45) is 0 Å². The molecule has 4 rings (SSSR count). The lowest BCUT2D eigenvalue weighted by Gasteiger charge is -2.14. The molecular weight excluding hydrogens is 506 g/mol. The summed E-state index contributed by atoms with van der Waals surface area (Å²) in [4.78, 5) is 43.6. The highest BCUT2D eigenvalue weighted by atomic mass is 79.9. The van der Waals surface area contributed by atoms with Gasteiger partial charge in [0, 0.05) is 32.6 Å². The van der Waals surface area contributed by atoms with Crippen molar-refractivity contribution < 1.29 is 9.59 Å². The van der Waals surface area contributed by atoms with E-state index in [4.69, 9.17) is 11.6 Å². The summed E-state index contributed by atoms with van der Waals surface area (Å²) in [5.74, 6) is -0.759. The number of halogens is 2. The molecule has 0 atom stereocenters. The summed E-state index contributed by atoms with van der Waals surface area (Å²) < 4.78 is 2.35. The van der Waals surface area contributed by atoms with Gasteiger partial charge in [0.15, 0.2) is 5.78 Å². The third kappa shape index (κ3) is 4.74. The fraction of sp³-hybridized carbons (Fsp3) is 0.120. The number of pyridine rings is 2. The number of carbonyl (C=O) groups is 2. The van der Waals surface area contributed by atoms with Crippen LogP contribution in [0.25, 0.3) is 11.0 Å². The summed E-state index contributed by atoms with van der Waals surface area (Å²) in [6.45, 7) is 3.47. The molecule has 4 aromatic rings. The zero-order valence-electron chi connectivity index (χ0n) is 17.9. The van der Waals surface area contributed by atoms with Gasteiger partial charge in [0.2, 0.25) is 11.3 Å². The molecule has 0 radical (unpaired) electrons. The second-order valence-electron chi connectivity index (χ2n) is 7.62. The number of aromatic nitrogens is 2. The number of carbonyl (C=O) groups excluding carboxylic acids is 2. The molecule has 0 aliphatic rings. The molecule has 0 saturated heterocycles. The first-order valence-electron chi connectivity index (χ1n) is 10.1. The highest BCUT2D eigenvalue weighted by Crippen LogP contribution is 2.23. The van der Waals surface area contributed by atoms with Gasteiger partial charge in [0.05, 0.1) is 10.9 Å². The van der Waals surface area contributed by atoms with Gasteiger partial charge in [-0.15, -0.1) is 0 Å². The number of hydrogen-bond donors (Lipinski definition) is 1. The molecule has 0 bridgehead atoms. The molecule has 33 heavy (non-hydrogen) atoms. The maximum atomic E-state index is 13.1. The van der Waals surface area contributed by atoms with E-state index in [1.165, 1.54) is 10.8 Å². The number of anilines is 1. The number of fused-ring (bicyclic) bond motifs is 1. The first-order chi connectivity index (χ1) is 15.7. The Morgan fingerprint density at radius 3 is 2.52 bits per heavy atom. The lowest BCUT2D eigenvalue weighted by Crippen LogP contribution is -2.25. The molecule has 8 heteroatoms. The van der Waals surface area contributed by atoms with Crippen molar-refractivity contribution in [1.82, 2.24) is 9.55 Å². The summed E-state index contributed by atoms with van der Waals surface area (Å²) in [5.41, 5.74) is 2.29. The quantitative estimate of drug-likeness (QED) is 0.359. The van der Waals surface area contributed by atoms with Crippen LogP contribution in [0.3, 0.4) is 0 Å². The van der Waals surface area contributed by atoms with Crippen molar-refractivity contribution in [2.45, 2.75) is 20.4 Å². The summed E-state index contributed by atoms with van der Waals surface area (Å²) in [7, 11) is 0. The predicted octanol–water partition coefficient (Wildman–Crippen LogP) is 5.30. The van der Waals surface area contributed by atoms with E-state index < -0.39 is 11.2 Å². The normalized spacial score (nSPS) is 10.9. The number of benzene rings is 2. The number of ketones is 1. The van der Waals surface area contributed by atoms with Crippen LogP contribution in [0.5, 0.6) is 0 Å². The van der Waals surface area contributed by atoms with Gasteiger partial charge in [-0.3, -0.25) is 14.4 Å². The van der Waals surface area contributed by atoms with Crippen molar-refractivity contribution in [3.8, 4) is 0 Å². The van der Waals surface area contributed by atoms with Crippen LogP contribution in [0.1, 0.15) is 27.2 Å². The first kappa shape index (κ1) is 22.9. The Balaban J connectivity index is 1.77. The van der Waals surface area contributed by atoms with Gasteiger partial charge in [-0.05, 0) is 67.9 Å². The Kier molecular flexibility index (Phi) is 6.44. The van der Waals surface area contributed by atoms with Crippen LogP contribution in [0.4, 0.5) is 5.69 Å². The summed E-state index contributed by atoms with van der Waals surface area (Å²) in [6, 6.07) is 15.3. The summed E-state index contributed by atoms with van der Waals surface area (Å²) >= 11 is 9.49. The SMILES string of the molecule is Cc1ccc2c(=O)c(C(=O)c3ccc(Br)cc3)cn(CC(=O)Nc3cccc(Cl)c3C)c2n1. The molecule has 166 valence electrons. The van der Waals surface area contributed by atoms with Gasteiger partial charge in [0.25, 0.3) is 0 Å². The van der Waals surface area contributed by atoms with Crippen LogP contribution in [-0.4, -0.2) is 21.2 Å². The van der Waals surface area contributed by atoms with Gasteiger partial charge in [-0.25, -0.2) is 4.98 Å². The van der Waals surface area contributed by atoms with Crippen molar-refractivity contribution in [2.75, 3.05) is 5.32 Å². The highest BCUT2D eigenvalue weighted by Gasteiger charge is 2.19. The van der Waals surface area contributed by atoms with Gasteiger partial charge < -0.3 is 9.88 Å². The van der Waals surface area contributed by atoms with Crippen LogP contribution in [0.2, 0.25) is 5.02 Å². The van der Waals surface area contributed by atoms with Gasteiger partial charge in [0.1, 0.15) is 12.2 Å². The Bertz CT molecular complexity index is 1460. The molecule has 1 N–H and O–H groups in total. The molecule has 2 aromatic heterocycles. The molecule has 0 fully saturated rings. The topological polar surface area (TPSA) is 81.1 Å². The van der Waals surface area contributed by atoms with E-state index in [2.05, 4.69) is 26.2 Å². The van der Waals surface area contributed by atoms with E-state index in [0.717, 1.165) is 10.0 Å². The molecule has 1 amide bonds. The molecule has 0 aliphatic carbocycles. The average molecular weight is 525 g/mol. The molecule has 0 spiro atoms. The van der Waals surface area contributed by atoms with Crippen molar-refractivity contribution >= 4 is 55.9 Å². The lowest BCUT2D eigenvalue weighted by atomic mass is 10.0. The minimum absolute atomic E-state index is 0.0257. The average Bonchev–Trinajstić information content (AvgIpc) is 2.79. The second kappa shape index (κ2) is 9.29. The second-order valence-corrected chi connectivity index (χ2v) is 8.94. The Hall–Kier alpha value is -3.29. The largest absolute Gasteiger partial charge is 0.324 e. The van der Waals surface area contributed by atoms with Crippen molar-refractivity contribution in [3.05, 3.63) is 103 Å². The Labute approximate surface area is 203 Å². The van der Waals surface area contributed by atoms with Crippen LogP contribution >= 0.6 is 27.5 Å². The third-order valence-electron chi connectivity index (χ3n) is 5.27. The van der Waals surface area contributed by atoms with E-state index in [1.807, 2.05) is 6.92 Å². The van der Waals surface area contributed by atoms with Crippen molar-refractivity contribution in [3.63, 3.8) is 0 Å². The number of nitrogens with zero attached hydrogens (tertiary/aromatic N) is 2. The predicted molar refractivity (Wildman–Crippen MR) is 133 cm³/mol. The first-order valence-corrected chi connectivity index (χ1v) is 11.3. The molecule has 0 unspecified atom stereocenters. The van der Waals surface area contributed by atoms with Gasteiger partial charge >= 0.3 is 0 Å². The Morgan fingerprint density at radius 1 is 1.06 bits per heavy atom. The highest BCUT2D eigenvalue weighted by molar-refractivity contribution is 9.10. The standard InChI is InChI=1S/C25H19BrClN3O3/c1-14-6-11-18-24(33)19(23(32)16-7-9-17(26)10-8-16)12-30(25(18)28-14)13-22(31)29-21-5-3-4-20(27)15(21)2/h3-12H,13H2,1-2H3,(H,29,31). The Morgan fingerprint density at radius 2 is 1.79 bits per heavy atom. The number of nitrogens with one attached hydrogen (secondary N) is 1. The van der Waals surface area contributed by atoms with Crippen molar-refractivity contribution in [1.29, 1.82) is 0 Å². The van der Waals surface area contributed by atoms with Crippen LogP contribution < -0.4 is 10.7 Å². The van der Waals surface area contributed by atoms with E-state index in [0.29, 0.717) is 27.6 Å². The monoisotopic (exact) mass is 523 g/mol. The fourth-order valence-corrected chi connectivity index (χ4v) is 3.93. The molecule has 2 aromatic carbocycles. The van der Waals surface area contributed by atoms with Crippen LogP contribution in [0.15, 0.2) is 70.1 Å². The van der Waals surface area contributed by atoms with Crippen LogP contribution in [0, 0.1) is 13.8 Å². The molecule has 0 saturated carbocycles. The van der Waals surface area contributed by atoms with Gasteiger partial charge in [-0.1, -0.05) is 33.6 Å². The molecular formula is C25H19BrClN3O3. The van der Waals surface area contributed by atoms with E-state index in [1.54, 1.807) is 61.5 Å².